The zero-order chi connectivity index (χ0) is 23.0. The van der Waals surface area contributed by atoms with E-state index >= 15 is 0 Å². The van der Waals surface area contributed by atoms with Crippen LogP contribution in [-0.4, -0.2) is 66.2 Å². The standard InChI is InChI=1S/C22H24O8S2/c1-12-9-15-16(29-22-20(26)19(25)18(24)17(10-23)30-22)8-7-13(21(15)31-12)11-32(27,28)14-5-3-2-4-6-14/h2-9,17-20,22-26H,10-11H2,1H3/t17-,18+,19+,20-,22-/m1/s1. The minimum absolute atomic E-state index is 0.187. The van der Waals surface area contributed by atoms with Gasteiger partial charge in [-0.15, -0.1) is 11.3 Å². The third kappa shape index (κ3) is 4.40. The van der Waals surface area contributed by atoms with E-state index in [0.717, 1.165) is 9.58 Å². The first-order valence-electron chi connectivity index (χ1n) is 9.98. The van der Waals surface area contributed by atoms with Gasteiger partial charge >= 0.3 is 0 Å². The number of fused-ring (bicyclic) bond motifs is 1. The molecule has 0 aliphatic carbocycles. The summed E-state index contributed by atoms with van der Waals surface area (Å²) < 4.78 is 37.7. The van der Waals surface area contributed by atoms with Crippen molar-refractivity contribution in [2.45, 2.75) is 48.3 Å². The minimum Gasteiger partial charge on any atom is -0.461 e. The van der Waals surface area contributed by atoms with Crippen LogP contribution in [0.5, 0.6) is 5.75 Å². The Morgan fingerprint density at radius 1 is 1.03 bits per heavy atom. The molecule has 8 nitrogen and oxygen atoms in total. The fraction of sp³-hybridized carbons (Fsp3) is 0.364. The van der Waals surface area contributed by atoms with Crippen molar-refractivity contribution in [1.82, 2.24) is 0 Å². The highest BCUT2D eigenvalue weighted by Crippen LogP contribution is 2.38. The number of sulfone groups is 1. The topological polar surface area (TPSA) is 134 Å². The van der Waals surface area contributed by atoms with Gasteiger partial charge in [0, 0.05) is 15.0 Å². The molecular weight excluding hydrogens is 456 g/mol. The summed E-state index contributed by atoms with van der Waals surface area (Å²) in [5.74, 6) is 0.142. The SMILES string of the molecule is Cc1cc2c(O[C@@H]3O[C@H](CO)[C@H](O)[C@H](O)[C@H]3O)ccc(CS(=O)(=O)c3ccccc3)c2s1. The fourth-order valence-corrected chi connectivity index (χ4v) is 6.22. The van der Waals surface area contributed by atoms with Crippen LogP contribution in [-0.2, 0) is 20.3 Å². The minimum atomic E-state index is -3.56. The van der Waals surface area contributed by atoms with Crippen LogP contribution in [0.1, 0.15) is 10.4 Å². The molecule has 0 unspecified atom stereocenters. The van der Waals surface area contributed by atoms with Gasteiger partial charge in [-0.05, 0) is 36.8 Å². The summed E-state index contributed by atoms with van der Waals surface area (Å²) in [5.41, 5.74) is 0.614. The molecule has 32 heavy (non-hydrogen) atoms. The van der Waals surface area contributed by atoms with E-state index in [-0.39, 0.29) is 10.6 Å². The Bertz CT molecular complexity index is 1190. The second-order valence-electron chi connectivity index (χ2n) is 7.71. The van der Waals surface area contributed by atoms with Gasteiger partial charge in [0.25, 0.3) is 0 Å². The zero-order valence-corrected chi connectivity index (χ0v) is 18.8. The van der Waals surface area contributed by atoms with E-state index in [1.807, 2.05) is 13.0 Å². The molecule has 1 aliphatic rings. The average molecular weight is 481 g/mol. The van der Waals surface area contributed by atoms with Crippen molar-refractivity contribution in [3.05, 3.63) is 59.0 Å². The lowest BCUT2D eigenvalue weighted by molar-refractivity contribution is -0.277. The lowest BCUT2D eigenvalue weighted by Crippen LogP contribution is -2.60. The van der Waals surface area contributed by atoms with Crippen LogP contribution in [0.15, 0.2) is 53.4 Å². The predicted octanol–water partition coefficient (Wildman–Crippen LogP) is 1.36. The first-order valence-corrected chi connectivity index (χ1v) is 12.4. The molecular formula is C22H24O8S2. The highest BCUT2D eigenvalue weighted by Gasteiger charge is 2.44. The molecule has 1 aliphatic heterocycles. The molecule has 0 bridgehead atoms. The maximum atomic E-state index is 12.9. The lowest BCUT2D eigenvalue weighted by Gasteiger charge is -2.39. The van der Waals surface area contributed by atoms with Crippen molar-refractivity contribution in [3.8, 4) is 5.75 Å². The molecule has 0 saturated carbocycles. The summed E-state index contributed by atoms with van der Waals surface area (Å²) in [4.78, 5) is 1.17. The third-order valence-electron chi connectivity index (χ3n) is 5.39. The van der Waals surface area contributed by atoms with Gasteiger partial charge in [-0.2, -0.15) is 0 Å². The smallest absolute Gasteiger partial charge is 0.229 e. The Morgan fingerprint density at radius 3 is 2.44 bits per heavy atom. The van der Waals surface area contributed by atoms with Crippen LogP contribution in [0.3, 0.4) is 0 Å². The molecule has 4 rings (SSSR count). The largest absolute Gasteiger partial charge is 0.461 e. The highest BCUT2D eigenvalue weighted by molar-refractivity contribution is 7.90. The van der Waals surface area contributed by atoms with Gasteiger partial charge < -0.3 is 29.9 Å². The summed E-state index contributed by atoms with van der Waals surface area (Å²) in [5, 5.41) is 40.3. The number of benzene rings is 2. The van der Waals surface area contributed by atoms with Crippen molar-refractivity contribution in [1.29, 1.82) is 0 Å². The van der Waals surface area contributed by atoms with Crippen molar-refractivity contribution >= 4 is 31.3 Å². The number of ether oxygens (including phenoxy) is 2. The van der Waals surface area contributed by atoms with Gasteiger partial charge in [0.05, 0.1) is 17.3 Å². The van der Waals surface area contributed by atoms with Crippen LogP contribution < -0.4 is 4.74 Å². The first-order chi connectivity index (χ1) is 15.2. The molecule has 2 aromatic carbocycles. The lowest BCUT2D eigenvalue weighted by atomic mass is 9.99. The number of hydrogen-bond donors (Lipinski definition) is 4. The number of aryl methyl sites for hydroxylation is 1. The second kappa shape index (κ2) is 9.06. The number of thiophene rings is 1. The van der Waals surface area contributed by atoms with E-state index in [1.54, 1.807) is 42.5 Å². The Morgan fingerprint density at radius 2 is 1.75 bits per heavy atom. The van der Waals surface area contributed by atoms with Crippen LogP contribution in [0.2, 0.25) is 0 Å². The van der Waals surface area contributed by atoms with E-state index in [4.69, 9.17) is 9.47 Å². The molecule has 0 amide bonds. The molecule has 4 N–H and O–H groups in total. The van der Waals surface area contributed by atoms with Gasteiger partial charge in [0.2, 0.25) is 6.29 Å². The van der Waals surface area contributed by atoms with Crippen molar-refractivity contribution in [2.24, 2.45) is 0 Å². The van der Waals surface area contributed by atoms with Crippen LogP contribution in [0, 0.1) is 6.92 Å². The Balaban J connectivity index is 1.66. The Labute approximate surface area is 189 Å². The number of rotatable bonds is 6. The normalized spacial score (nSPS) is 26.3. The molecule has 1 aromatic heterocycles. The summed E-state index contributed by atoms with van der Waals surface area (Å²) in [6.07, 6.45) is -6.99. The number of hydrogen-bond acceptors (Lipinski definition) is 9. The van der Waals surface area contributed by atoms with Gasteiger partial charge in [-0.25, -0.2) is 8.42 Å². The molecule has 5 atom stereocenters. The van der Waals surface area contributed by atoms with E-state index in [9.17, 15) is 28.8 Å². The summed E-state index contributed by atoms with van der Waals surface area (Å²) in [6.45, 7) is 1.33. The molecule has 10 heteroatoms. The quantitative estimate of drug-likeness (QED) is 0.416. The van der Waals surface area contributed by atoms with Gasteiger partial charge in [0.1, 0.15) is 30.2 Å². The van der Waals surface area contributed by atoms with Crippen molar-refractivity contribution in [2.75, 3.05) is 6.61 Å². The van der Waals surface area contributed by atoms with E-state index in [0.29, 0.717) is 16.7 Å². The monoisotopic (exact) mass is 480 g/mol. The Kier molecular flexibility index (Phi) is 6.55. The van der Waals surface area contributed by atoms with Gasteiger partial charge in [-0.3, -0.25) is 0 Å². The number of aliphatic hydroxyl groups excluding tert-OH is 4. The highest BCUT2D eigenvalue weighted by atomic mass is 32.2. The Hall–Kier alpha value is -2.05. The summed E-state index contributed by atoms with van der Waals surface area (Å²) >= 11 is 1.42. The van der Waals surface area contributed by atoms with Crippen molar-refractivity contribution in [3.63, 3.8) is 0 Å². The van der Waals surface area contributed by atoms with Crippen molar-refractivity contribution < 1.29 is 38.3 Å². The van der Waals surface area contributed by atoms with E-state index < -0.39 is 47.2 Å². The molecule has 0 spiro atoms. The second-order valence-corrected chi connectivity index (χ2v) is 11.0. The summed E-state index contributed by atoms with van der Waals surface area (Å²) in [6, 6.07) is 13.3. The van der Waals surface area contributed by atoms with E-state index in [2.05, 4.69) is 0 Å². The third-order valence-corrected chi connectivity index (χ3v) is 8.20. The van der Waals surface area contributed by atoms with Gasteiger partial charge in [0.15, 0.2) is 9.84 Å². The molecule has 3 aromatic rings. The molecule has 1 fully saturated rings. The summed E-state index contributed by atoms with van der Waals surface area (Å²) in [7, 11) is -3.56. The number of aliphatic hydroxyl groups is 4. The molecule has 0 radical (unpaired) electrons. The van der Waals surface area contributed by atoms with Crippen LogP contribution in [0.25, 0.3) is 10.1 Å². The zero-order valence-electron chi connectivity index (χ0n) is 17.2. The van der Waals surface area contributed by atoms with Crippen LogP contribution in [0.4, 0.5) is 0 Å². The maximum absolute atomic E-state index is 12.9. The fourth-order valence-electron chi connectivity index (χ4n) is 3.70. The predicted molar refractivity (Wildman–Crippen MR) is 118 cm³/mol. The molecule has 1 saturated heterocycles. The maximum Gasteiger partial charge on any atom is 0.229 e. The average Bonchev–Trinajstić information content (AvgIpc) is 3.18. The molecule has 2 heterocycles. The molecule has 172 valence electrons. The van der Waals surface area contributed by atoms with Gasteiger partial charge in [-0.1, -0.05) is 24.3 Å². The van der Waals surface area contributed by atoms with E-state index in [1.165, 1.54) is 11.3 Å². The van der Waals surface area contributed by atoms with Crippen LogP contribution >= 0.6 is 11.3 Å². The first kappa shape index (κ1) is 23.1.